The van der Waals surface area contributed by atoms with E-state index in [1.54, 1.807) is 31.4 Å². The maximum atomic E-state index is 14.6. The summed E-state index contributed by atoms with van der Waals surface area (Å²) in [6.07, 6.45) is 2.62. The van der Waals surface area contributed by atoms with Crippen molar-refractivity contribution in [3.63, 3.8) is 0 Å². The maximum Gasteiger partial charge on any atom is 0.342 e. The van der Waals surface area contributed by atoms with E-state index in [-0.39, 0.29) is 23.4 Å². The number of halogens is 1. The van der Waals surface area contributed by atoms with E-state index in [4.69, 9.17) is 9.72 Å². The van der Waals surface area contributed by atoms with Gasteiger partial charge in [0.15, 0.2) is 5.60 Å². The number of carbonyl (C=O) groups excluding carboxylic acids is 1. The lowest BCUT2D eigenvalue weighted by Gasteiger charge is -2.26. The third-order valence-electron chi connectivity index (χ3n) is 7.25. The molecule has 0 saturated carbocycles. The lowest BCUT2D eigenvalue weighted by molar-refractivity contribution is -0.164. The Morgan fingerprint density at radius 2 is 1.94 bits per heavy atom. The van der Waals surface area contributed by atoms with Gasteiger partial charge in [0.25, 0.3) is 5.56 Å². The van der Waals surface area contributed by atoms with Gasteiger partial charge in [0, 0.05) is 28.1 Å². The van der Waals surface area contributed by atoms with Gasteiger partial charge in [0.2, 0.25) is 0 Å². The topological polar surface area (TPSA) is 81.4 Å². The van der Waals surface area contributed by atoms with E-state index >= 15 is 0 Å². The molecule has 0 fully saturated rings. The quantitative estimate of drug-likeness (QED) is 0.498. The number of hydrogen-bond donors (Lipinski definition) is 1. The number of methoxy groups -OCH3 is 1. The largest absolute Gasteiger partial charge is 0.467 e. The van der Waals surface area contributed by atoms with Crippen LogP contribution in [-0.2, 0) is 34.5 Å². The molecule has 0 spiro atoms. The number of rotatable bonds is 3. The molecule has 0 saturated heterocycles. The van der Waals surface area contributed by atoms with Crippen LogP contribution in [-0.4, -0.2) is 27.7 Å². The van der Waals surface area contributed by atoms with Crippen molar-refractivity contribution in [3.8, 4) is 11.4 Å². The van der Waals surface area contributed by atoms with Gasteiger partial charge in [-0.1, -0.05) is 6.92 Å². The summed E-state index contributed by atoms with van der Waals surface area (Å²) in [5, 5.41) is 12.1. The number of hydrogen-bond acceptors (Lipinski definition) is 5. The molecule has 7 heteroatoms. The zero-order valence-electron chi connectivity index (χ0n) is 18.6. The molecule has 166 valence electrons. The summed E-state index contributed by atoms with van der Waals surface area (Å²) in [7, 11) is 1.21. The molecule has 0 amide bonds. The highest BCUT2D eigenvalue weighted by atomic mass is 19.1. The molecule has 5 rings (SSSR count). The second-order valence-electron chi connectivity index (χ2n) is 8.79. The van der Waals surface area contributed by atoms with Crippen molar-refractivity contribution in [1.82, 2.24) is 9.55 Å². The van der Waals surface area contributed by atoms with E-state index in [1.807, 2.05) is 0 Å². The number of pyridine rings is 2. The van der Waals surface area contributed by atoms with Crippen LogP contribution in [0.25, 0.3) is 22.3 Å². The molecule has 1 atom stereocenters. The second-order valence-corrected chi connectivity index (χ2v) is 8.79. The van der Waals surface area contributed by atoms with Crippen molar-refractivity contribution in [3.05, 3.63) is 61.7 Å². The van der Waals surface area contributed by atoms with Crippen molar-refractivity contribution in [2.75, 3.05) is 7.11 Å². The van der Waals surface area contributed by atoms with Crippen molar-refractivity contribution < 1.29 is 19.0 Å². The highest BCUT2D eigenvalue weighted by Gasteiger charge is 2.41. The standard InChI is InChI=1S/C25H25FN2O4/c1-5-25(31,24(30)32-4)17-9-20-22-16(11-28(20)23(29)13(17)3)15-8-6-7-14-12(2)18(26)10-19(27-22)21(14)15/h9-10,31H,5-8,11H2,1-4H3/t25-/m0/s1. The molecular weight excluding hydrogens is 411 g/mol. The van der Waals surface area contributed by atoms with Crippen LogP contribution in [0.2, 0.25) is 0 Å². The number of esters is 1. The first-order chi connectivity index (χ1) is 15.2. The Morgan fingerprint density at radius 3 is 2.62 bits per heavy atom. The minimum absolute atomic E-state index is 0.0561. The van der Waals surface area contributed by atoms with E-state index in [2.05, 4.69) is 0 Å². The number of aromatic nitrogens is 2. The maximum absolute atomic E-state index is 14.6. The first-order valence-corrected chi connectivity index (χ1v) is 10.9. The van der Waals surface area contributed by atoms with E-state index in [1.165, 1.54) is 13.2 Å². The third kappa shape index (κ3) is 2.57. The summed E-state index contributed by atoms with van der Waals surface area (Å²) >= 11 is 0. The van der Waals surface area contributed by atoms with Crippen molar-refractivity contribution >= 4 is 16.9 Å². The van der Waals surface area contributed by atoms with Gasteiger partial charge in [-0.25, -0.2) is 14.2 Å². The van der Waals surface area contributed by atoms with Gasteiger partial charge in [-0.05, 0) is 62.3 Å². The molecule has 1 N–H and O–H groups in total. The van der Waals surface area contributed by atoms with Crippen molar-refractivity contribution in [1.29, 1.82) is 0 Å². The van der Waals surface area contributed by atoms with Gasteiger partial charge in [-0.15, -0.1) is 0 Å². The fraction of sp³-hybridized carbons (Fsp3) is 0.400. The molecule has 6 nitrogen and oxygen atoms in total. The number of aliphatic hydroxyl groups is 1. The van der Waals surface area contributed by atoms with Crippen LogP contribution < -0.4 is 5.56 Å². The van der Waals surface area contributed by atoms with Gasteiger partial charge in [0.1, 0.15) is 5.82 Å². The number of nitrogens with zero attached hydrogens (tertiary/aromatic N) is 2. The molecule has 2 aliphatic rings. The Bertz CT molecular complexity index is 1390. The number of benzene rings is 1. The summed E-state index contributed by atoms with van der Waals surface area (Å²) in [5.74, 6) is -1.09. The first-order valence-electron chi connectivity index (χ1n) is 10.9. The van der Waals surface area contributed by atoms with Crippen LogP contribution in [0.1, 0.15) is 53.1 Å². The molecule has 32 heavy (non-hydrogen) atoms. The van der Waals surface area contributed by atoms with E-state index in [9.17, 15) is 19.1 Å². The summed E-state index contributed by atoms with van der Waals surface area (Å²) in [5.41, 5.74) is 3.81. The Hall–Kier alpha value is -3.06. The average Bonchev–Trinajstić information content (AvgIpc) is 3.17. The molecule has 1 aromatic carbocycles. The lowest BCUT2D eigenvalue weighted by Crippen LogP contribution is -2.39. The zero-order valence-corrected chi connectivity index (χ0v) is 18.6. The average molecular weight is 436 g/mol. The van der Waals surface area contributed by atoms with Crippen LogP contribution in [0.5, 0.6) is 0 Å². The van der Waals surface area contributed by atoms with Crippen LogP contribution in [0.3, 0.4) is 0 Å². The molecule has 0 unspecified atom stereocenters. The normalized spacial score (nSPS) is 15.9. The van der Waals surface area contributed by atoms with Crippen LogP contribution >= 0.6 is 0 Å². The van der Waals surface area contributed by atoms with Gasteiger partial charge in [-0.2, -0.15) is 0 Å². The van der Waals surface area contributed by atoms with Gasteiger partial charge in [0.05, 0.1) is 30.6 Å². The third-order valence-corrected chi connectivity index (χ3v) is 7.25. The minimum Gasteiger partial charge on any atom is -0.467 e. The molecule has 3 aromatic rings. The fourth-order valence-corrected chi connectivity index (χ4v) is 5.41. The summed E-state index contributed by atoms with van der Waals surface area (Å²) in [6, 6.07) is 3.14. The molecule has 0 bridgehead atoms. The highest BCUT2D eigenvalue weighted by Crippen LogP contribution is 2.42. The second kappa shape index (κ2) is 6.97. The highest BCUT2D eigenvalue weighted by molar-refractivity contribution is 5.92. The molecule has 1 aliphatic heterocycles. The Morgan fingerprint density at radius 1 is 1.22 bits per heavy atom. The minimum atomic E-state index is -1.93. The smallest absolute Gasteiger partial charge is 0.342 e. The molecular formula is C25H25FN2O4. The summed E-state index contributed by atoms with van der Waals surface area (Å²) < 4.78 is 21.1. The van der Waals surface area contributed by atoms with Crippen LogP contribution in [0.15, 0.2) is 16.9 Å². The summed E-state index contributed by atoms with van der Waals surface area (Å²) in [4.78, 5) is 30.5. The van der Waals surface area contributed by atoms with E-state index in [0.29, 0.717) is 34.6 Å². The first kappa shape index (κ1) is 20.8. The molecule has 2 aromatic heterocycles. The Balaban J connectivity index is 1.83. The van der Waals surface area contributed by atoms with Crippen molar-refractivity contribution in [2.24, 2.45) is 0 Å². The molecule has 0 radical (unpaired) electrons. The number of fused-ring (bicyclic) bond motifs is 4. The SMILES string of the molecule is CC[C@@](O)(C(=O)OC)c1cc2n(c(=O)c1C)Cc1c-2nc2cc(F)c(C)c3c2c1CCC3. The monoisotopic (exact) mass is 436 g/mol. The van der Waals surface area contributed by atoms with Crippen molar-refractivity contribution in [2.45, 2.75) is 58.6 Å². The Kier molecular flexibility index (Phi) is 4.53. The lowest BCUT2D eigenvalue weighted by atomic mass is 9.84. The molecule has 1 aliphatic carbocycles. The molecule has 3 heterocycles. The van der Waals surface area contributed by atoms with E-state index in [0.717, 1.165) is 41.3 Å². The predicted molar refractivity (Wildman–Crippen MR) is 118 cm³/mol. The predicted octanol–water partition coefficient (Wildman–Crippen LogP) is 3.44. The van der Waals surface area contributed by atoms with Gasteiger partial charge >= 0.3 is 5.97 Å². The van der Waals surface area contributed by atoms with Crippen LogP contribution in [0.4, 0.5) is 4.39 Å². The number of aryl methyl sites for hydroxylation is 2. The van der Waals surface area contributed by atoms with Crippen LogP contribution in [0, 0.1) is 19.7 Å². The number of ether oxygens (including phenoxy) is 1. The zero-order chi connectivity index (χ0) is 22.9. The van der Waals surface area contributed by atoms with Gasteiger partial charge in [-0.3, -0.25) is 4.79 Å². The van der Waals surface area contributed by atoms with Gasteiger partial charge < -0.3 is 14.4 Å². The number of carbonyl (C=O) groups is 1. The Labute approximate surface area is 184 Å². The van der Waals surface area contributed by atoms with E-state index < -0.39 is 11.6 Å². The fourth-order valence-electron chi connectivity index (χ4n) is 5.41. The summed E-state index contributed by atoms with van der Waals surface area (Å²) in [6.45, 7) is 5.46.